The molecule has 1 N–H and O–H groups in total. The normalized spacial score (nSPS) is 26.8. The molecule has 2 bridgehead atoms. The van der Waals surface area contributed by atoms with Gasteiger partial charge in [-0.15, -0.1) is 0 Å². The molecular weight excluding hydrogens is 256 g/mol. The number of hydrogen-bond donors (Lipinski definition) is 1. The molecule has 0 saturated heterocycles. The number of phenols is 1. The van der Waals surface area contributed by atoms with Gasteiger partial charge in [0.1, 0.15) is 0 Å². The summed E-state index contributed by atoms with van der Waals surface area (Å²) in [5.41, 5.74) is 0.401. The molecule has 1 saturated carbocycles. The summed E-state index contributed by atoms with van der Waals surface area (Å²) in [4.78, 5) is 12.0. The predicted octanol–water partition coefficient (Wildman–Crippen LogP) is 2.77. The second-order valence-corrected chi connectivity index (χ2v) is 5.53. The van der Waals surface area contributed by atoms with Crippen molar-refractivity contribution in [3.8, 4) is 11.5 Å². The first kappa shape index (κ1) is 13.0. The van der Waals surface area contributed by atoms with Gasteiger partial charge in [0.05, 0.1) is 19.3 Å². The highest BCUT2D eigenvalue weighted by Gasteiger charge is 2.36. The van der Waals surface area contributed by atoms with Crippen molar-refractivity contribution in [2.45, 2.75) is 12.8 Å². The van der Waals surface area contributed by atoms with Gasteiger partial charge in [-0.05, 0) is 48.8 Å². The summed E-state index contributed by atoms with van der Waals surface area (Å²) >= 11 is 0. The number of aromatic hydroxyl groups is 1. The lowest BCUT2D eigenvalue weighted by Crippen LogP contribution is -2.17. The van der Waals surface area contributed by atoms with Crippen LogP contribution in [0.1, 0.15) is 23.2 Å². The fourth-order valence-corrected chi connectivity index (χ4v) is 3.16. The second-order valence-electron chi connectivity index (χ2n) is 5.53. The van der Waals surface area contributed by atoms with Crippen LogP contribution in [0.15, 0.2) is 30.4 Å². The van der Waals surface area contributed by atoms with Gasteiger partial charge in [-0.25, -0.2) is 4.79 Å². The maximum absolute atomic E-state index is 12.0. The van der Waals surface area contributed by atoms with Crippen LogP contribution in [0.5, 0.6) is 11.5 Å². The Morgan fingerprint density at radius 3 is 2.85 bits per heavy atom. The predicted molar refractivity (Wildman–Crippen MR) is 73.8 cm³/mol. The van der Waals surface area contributed by atoms with Crippen molar-refractivity contribution in [3.05, 3.63) is 35.9 Å². The number of carbonyl (C=O) groups excluding carboxylic acids is 1. The molecule has 0 radical (unpaired) electrons. The van der Waals surface area contributed by atoms with Gasteiger partial charge in [-0.2, -0.15) is 0 Å². The van der Waals surface area contributed by atoms with E-state index in [-0.39, 0.29) is 17.5 Å². The van der Waals surface area contributed by atoms with Gasteiger partial charge < -0.3 is 14.6 Å². The average molecular weight is 274 g/mol. The number of ether oxygens (including phenoxy) is 2. The maximum atomic E-state index is 12.0. The third-order valence-corrected chi connectivity index (χ3v) is 4.26. The van der Waals surface area contributed by atoms with Crippen LogP contribution in [0.2, 0.25) is 0 Å². The highest BCUT2D eigenvalue weighted by atomic mass is 16.5. The minimum atomic E-state index is -0.366. The summed E-state index contributed by atoms with van der Waals surface area (Å²) in [6, 6.07) is 4.48. The van der Waals surface area contributed by atoms with E-state index in [1.165, 1.54) is 25.7 Å². The van der Waals surface area contributed by atoms with Crippen molar-refractivity contribution < 1.29 is 19.4 Å². The standard InChI is InChI=1S/C16H18O4/c1-19-15-8-12(4-5-14(15)17)16(18)20-9-13-7-10-2-3-11(13)6-10/h2-5,8,10-11,13,17H,6-7,9H2,1H3. The molecule has 4 heteroatoms. The summed E-state index contributed by atoms with van der Waals surface area (Å²) in [5, 5.41) is 9.51. The smallest absolute Gasteiger partial charge is 0.338 e. The quantitative estimate of drug-likeness (QED) is 0.677. The van der Waals surface area contributed by atoms with E-state index in [1.807, 2.05) is 0 Å². The number of allylic oxidation sites excluding steroid dienone is 2. The van der Waals surface area contributed by atoms with Crippen LogP contribution in [0.25, 0.3) is 0 Å². The largest absolute Gasteiger partial charge is 0.504 e. The van der Waals surface area contributed by atoms with Crippen LogP contribution in [0.3, 0.4) is 0 Å². The molecule has 2 aliphatic rings. The number of carbonyl (C=O) groups is 1. The fraction of sp³-hybridized carbons (Fsp3) is 0.438. The van der Waals surface area contributed by atoms with Crippen LogP contribution in [-0.2, 0) is 4.74 Å². The van der Waals surface area contributed by atoms with Gasteiger partial charge in [0.25, 0.3) is 0 Å². The molecule has 106 valence electrons. The zero-order chi connectivity index (χ0) is 14.1. The fourth-order valence-electron chi connectivity index (χ4n) is 3.16. The molecule has 3 unspecified atom stereocenters. The van der Waals surface area contributed by atoms with Gasteiger partial charge in [-0.3, -0.25) is 0 Å². The Labute approximate surface area is 118 Å². The Morgan fingerprint density at radius 1 is 1.35 bits per heavy atom. The molecule has 1 aromatic carbocycles. The van der Waals surface area contributed by atoms with Crippen LogP contribution >= 0.6 is 0 Å². The van der Waals surface area contributed by atoms with Crippen molar-refractivity contribution in [1.82, 2.24) is 0 Å². The number of fused-ring (bicyclic) bond motifs is 2. The molecule has 20 heavy (non-hydrogen) atoms. The summed E-state index contributed by atoms with van der Waals surface area (Å²) in [7, 11) is 1.45. The first-order valence-electron chi connectivity index (χ1n) is 6.90. The number of benzene rings is 1. The molecule has 0 spiro atoms. The zero-order valence-electron chi connectivity index (χ0n) is 11.4. The molecule has 1 aromatic rings. The Bertz CT molecular complexity index is 549. The third kappa shape index (κ3) is 2.38. The molecule has 0 aliphatic heterocycles. The number of hydrogen-bond acceptors (Lipinski definition) is 4. The lowest BCUT2D eigenvalue weighted by Gasteiger charge is -2.17. The molecule has 0 amide bonds. The van der Waals surface area contributed by atoms with Crippen molar-refractivity contribution in [1.29, 1.82) is 0 Å². The average Bonchev–Trinajstić information content (AvgIpc) is 3.07. The first-order chi connectivity index (χ1) is 9.67. The Kier molecular flexibility index (Phi) is 3.38. The molecule has 4 nitrogen and oxygen atoms in total. The van der Waals surface area contributed by atoms with Gasteiger partial charge in [-0.1, -0.05) is 12.2 Å². The van der Waals surface area contributed by atoms with Gasteiger partial charge in [0, 0.05) is 0 Å². The Hall–Kier alpha value is -1.97. The summed E-state index contributed by atoms with van der Waals surface area (Å²) < 4.78 is 10.4. The number of phenolic OH excluding ortho intramolecular Hbond substituents is 1. The summed E-state index contributed by atoms with van der Waals surface area (Å²) in [6.07, 6.45) is 6.84. The van der Waals surface area contributed by atoms with E-state index >= 15 is 0 Å². The SMILES string of the molecule is COc1cc(C(=O)OCC2CC3C=CC2C3)ccc1O. The van der Waals surface area contributed by atoms with Crippen LogP contribution < -0.4 is 4.74 Å². The zero-order valence-corrected chi connectivity index (χ0v) is 11.4. The van der Waals surface area contributed by atoms with E-state index in [4.69, 9.17) is 9.47 Å². The monoisotopic (exact) mass is 274 g/mol. The molecular formula is C16H18O4. The summed E-state index contributed by atoms with van der Waals surface area (Å²) in [6.45, 7) is 0.466. The van der Waals surface area contributed by atoms with Crippen molar-refractivity contribution >= 4 is 5.97 Å². The molecule has 1 fully saturated rings. The molecule has 3 atom stereocenters. The lowest BCUT2D eigenvalue weighted by molar-refractivity contribution is 0.0420. The van der Waals surface area contributed by atoms with E-state index in [0.29, 0.717) is 29.9 Å². The molecule has 0 heterocycles. The number of esters is 1. The van der Waals surface area contributed by atoms with Crippen LogP contribution in [0.4, 0.5) is 0 Å². The van der Waals surface area contributed by atoms with Crippen LogP contribution in [-0.4, -0.2) is 24.8 Å². The van der Waals surface area contributed by atoms with Crippen molar-refractivity contribution in [2.24, 2.45) is 17.8 Å². The topological polar surface area (TPSA) is 55.8 Å². The number of methoxy groups -OCH3 is 1. The molecule has 2 aliphatic carbocycles. The second kappa shape index (κ2) is 5.19. The Balaban J connectivity index is 1.60. The first-order valence-corrected chi connectivity index (χ1v) is 6.90. The van der Waals surface area contributed by atoms with Crippen molar-refractivity contribution in [3.63, 3.8) is 0 Å². The molecule has 0 aromatic heterocycles. The molecule has 3 rings (SSSR count). The van der Waals surface area contributed by atoms with E-state index in [1.54, 1.807) is 6.07 Å². The van der Waals surface area contributed by atoms with E-state index in [2.05, 4.69) is 12.2 Å². The maximum Gasteiger partial charge on any atom is 0.338 e. The van der Waals surface area contributed by atoms with Crippen molar-refractivity contribution in [2.75, 3.05) is 13.7 Å². The van der Waals surface area contributed by atoms with Gasteiger partial charge in [0.2, 0.25) is 0 Å². The lowest BCUT2D eigenvalue weighted by atomic mass is 9.95. The van der Waals surface area contributed by atoms with Crippen LogP contribution in [0, 0.1) is 17.8 Å². The highest BCUT2D eigenvalue weighted by molar-refractivity contribution is 5.90. The van der Waals surface area contributed by atoms with E-state index in [9.17, 15) is 9.90 Å². The summed E-state index contributed by atoms with van der Waals surface area (Å²) in [5.74, 6) is 1.63. The van der Waals surface area contributed by atoms with E-state index < -0.39 is 0 Å². The van der Waals surface area contributed by atoms with Gasteiger partial charge >= 0.3 is 5.97 Å². The van der Waals surface area contributed by atoms with Gasteiger partial charge in [0.15, 0.2) is 11.5 Å². The Morgan fingerprint density at radius 2 is 2.20 bits per heavy atom. The van der Waals surface area contributed by atoms with E-state index in [0.717, 1.165) is 6.42 Å². The number of rotatable bonds is 4. The highest BCUT2D eigenvalue weighted by Crippen LogP contribution is 2.43. The minimum Gasteiger partial charge on any atom is -0.504 e. The third-order valence-electron chi connectivity index (χ3n) is 4.26. The minimum absolute atomic E-state index is 0.0160.